The van der Waals surface area contributed by atoms with Crippen molar-refractivity contribution in [1.82, 2.24) is 0 Å². The average Bonchev–Trinajstić information content (AvgIpc) is 2.02. The van der Waals surface area contributed by atoms with Crippen LogP contribution in [0.3, 0.4) is 0 Å². The second-order valence-electron chi connectivity index (χ2n) is 2.76. The normalized spacial score (nSPS) is 11.4. The minimum Gasteiger partial charge on any atom is -0.872 e. The lowest BCUT2D eigenvalue weighted by molar-refractivity contribution is -0.276. The van der Waals surface area contributed by atoms with Crippen molar-refractivity contribution in [2.45, 2.75) is 13.1 Å². The minimum absolute atomic E-state index is 0.114. The molecule has 0 spiro atoms. The van der Waals surface area contributed by atoms with E-state index in [2.05, 4.69) is 0 Å². The summed E-state index contributed by atoms with van der Waals surface area (Å²) < 4.78 is 36.5. The quantitative estimate of drug-likeness (QED) is 0.654. The Kier molecular flexibility index (Phi) is 2.51. The molecule has 0 aromatic heterocycles. The maximum Gasteiger partial charge on any atom is 0.415 e. The highest BCUT2D eigenvalue weighted by atomic mass is 19.4. The van der Waals surface area contributed by atoms with Crippen LogP contribution in [0.2, 0.25) is 0 Å². The molecule has 5 heteroatoms. The number of ketones is 1. The van der Waals surface area contributed by atoms with E-state index < -0.39 is 23.3 Å². The zero-order valence-electron chi connectivity index (χ0n) is 7.18. The molecule has 0 aliphatic rings. The largest absolute Gasteiger partial charge is 0.872 e. The first-order chi connectivity index (χ1) is 6.32. The molecule has 14 heavy (non-hydrogen) atoms. The first kappa shape index (κ1) is 10.6. The average molecular weight is 203 g/mol. The van der Waals surface area contributed by atoms with Crippen molar-refractivity contribution in [2.24, 2.45) is 0 Å². The summed E-state index contributed by atoms with van der Waals surface area (Å²) in [6.45, 7) is 1.14. The second kappa shape index (κ2) is 3.32. The van der Waals surface area contributed by atoms with Crippen molar-refractivity contribution in [3.8, 4) is 5.75 Å². The molecule has 0 saturated carbocycles. The fraction of sp³-hybridized carbons (Fsp3) is 0.222. The van der Waals surface area contributed by atoms with E-state index >= 15 is 0 Å². The van der Waals surface area contributed by atoms with E-state index in [0.29, 0.717) is 6.07 Å². The lowest BCUT2D eigenvalue weighted by Crippen LogP contribution is -2.11. The summed E-state index contributed by atoms with van der Waals surface area (Å²) in [5, 5.41) is 10.8. The number of Topliss-reactive ketones (excluding diaryl/α,β-unsaturated/α-hetero) is 1. The molecule has 0 radical (unpaired) electrons. The minimum atomic E-state index is -4.71. The van der Waals surface area contributed by atoms with E-state index in [4.69, 9.17) is 0 Å². The standard InChI is InChI=1S/C9H7F3O2/c1-5(13)6-2-3-8(14)7(4-6)9(10,11)12/h2-4,14H,1H3/p-1. The molecule has 0 unspecified atom stereocenters. The van der Waals surface area contributed by atoms with E-state index in [0.717, 1.165) is 19.1 Å². The summed E-state index contributed by atoms with van der Waals surface area (Å²) in [5.74, 6) is -1.63. The summed E-state index contributed by atoms with van der Waals surface area (Å²) in [6, 6.07) is 2.41. The molecule has 76 valence electrons. The van der Waals surface area contributed by atoms with E-state index in [1.54, 1.807) is 0 Å². The Labute approximate surface area is 78.0 Å². The summed E-state index contributed by atoms with van der Waals surface area (Å²) in [4.78, 5) is 10.8. The first-order valence-electron chi connectivity index (χ1n) is 3.71. The van der Waals surface area contributed by atoms with Gasteiger partial charge in [-0.05, 0) is 13.0 Å². The molecule has 0 amide bonds. The Hall–Kier alpha value is -1.52. The Morgan fingerprint density at radius 3 is 2.36 bits per heavy atom. The smallest absolute Gasteiger partial charge is 0.415 e. The Morgan fingerprint density at radius 2 is 1.93 bits per heavy atom. The molecule has 2 nitrogen and oxygen atoms in total. The van der Waals surface area contributed by atoms with E-state index in [1.165, 1.54) is 0 Å². The third kappa shape index (κ3) is 2.04. The van der Waals surface area contributed by atoms with Gasteiger partial charge in [0.1, 0.15) is 0 Å². The first-order valence-corrected chi connectivity index (χ1v) is 3.71. The van der Waals surface area contributed by atoms with Crippen LogP contribution >= 0.6 is 0 Å². The third-order valence-electron chi connectivity index (χ3n) is 1.69. The molecule has 1 aromatic rings. The zero-order chi connectivity index (χ0) is 10.9. The van der Waals surface area contributed by atoms with Crippen LogP contribution < -0.4 is 5.11 Å². The van der Waals surface area contributed by atoms with Crippen LogP contribution in [0.4, 0.5) is 13.2 Å². The third-order valence-corrected chi connectivity index (χ3v) is 1.69. The predicted octanol–water partition coefficient (Wildman–Crippen LogP) is 1.98. The van der Waals surface area contributed by atoms with Crippen LogP contribution in [0.5, 0.6) is 5.75 Å². The lowest BCUT2D eigenvalue weighted by atomic mass is 10.1. The zero-order valence-corrected chi connectivity index (χ0v) is 7.18. The van der Waals surface area contributed by atoms with Crippen molar-refractivity contribution in [2.75, 3.05) is 0 Å². The van der Waals surface area contributed by atoms with Gasteiger partial charge in [-0.1, -0.05) is 17.9 Å². The number of carbonyl (C=O) groups is 1. The number of alkyl halides is 3. The number of benzene rings is 1. The molecular formula is C9H6F3O2-. The van der Waals surface area contributed by atoms with Gasteiger partial charge in [0.15, 0.2) is 5.78 Å². The Balaban J connectivity index is 3.29. The topological polar surface area (TPSA) is 40.1 Å². The molecule has 0 fully saturated rings. The highest BCUT2D eigenvalue weighted by Crippen LogP contribution is 2.34. The summed E-state index contributed by atoms with van der Waals surface area (Å²) in [7, 11) is 0. The second-order valence-corrected chi connectivity index (χ2v) is 2.76. The van der Waals surface area contributed by atoms with Gasteiger partial charge in [0, 0.05) is 11.1 Å². The summed E-state index contributed by atoms with van der Waals surface area (Å²) in [5.41, 5.74) is -1.41. The molecule has 0 bridgehead atoms. The Morgan fingerprint density at radius 1 is 1.36 bits per heavy atom. The van der Waals surface area contributed by atoms with Gasteiger partial charge in [0.2, 0.25) is 0 Å². The van der Waals surface area contributed by atoms with Gasteiger partial charge in [-0.3, -0.25) is 4.79 Å². The SMILES string of the molecule is CC(=O)c1ccc([O-])c(C(F)(F)F)c1. The lowest BCUT2D eigenvalue weighted by Gasteiger charge is -2.16. The fourth-order valence-corrected chi connectivity index (χ4v) is 0.971. The molecule has 1 aromatic carbocycles. The predicted molar refractivity (Wildman–Crippen MR) is 40.9 cm³/mol. The van der Waals surface area contributed by atoms with Crippen LogP contribution in [-0.2, 0) is 6.18 Å². The van der Waals surface area contributed by atoms with Gasteiger partial charge in [0.05, 0.1) is 0 Å². The van der Waals surface area contributed by atoms with Gasteiger partial charge < -0.3 is 5.11 Å². The number of hydrogen-bond donors (Lipinski definition) is 0. The van der Waals surface area contributed by atoms with E-state index in [1.807, 2.05) is 0 Å². The number of rotatable bonds is 1. The molecular weight excluding hydrogens is 197 g/mol. The maximum atomic E-state index is 12.2. The Bertz CT molecular complexity index is 369. The van der Waals surface area contributed by atoms with Crippen LogP contribution in [0.25, 0.3) is 0 Å². The maximum absolute atomic E-state index is 12.2. The van der Waals surface area contributed by atoms with Gasteiger partial charge in [0.25, 0.3) is 0 Å². The molecule has 0 aliphatic heterocycles. The van der Waals surface area contributed by atoms with Crippen LogP contribution in [0.15, 0.2) is 18.2 Å². The molecule has 0 saturated heterocycles. The fourth-order valence-electron chi connectivity index (χ4n) is 0.971. The van der Waals surface area contributed by atoms with Crippen LogP contribution in [0, 0.1) is 0 Å². The summed E-state index contributed by atoms with van der Waals surface area (Å²) in [6.07, 6.45) is -4.71. The van der Waals surface area contributed by atoms with Crippen LogP contribution in [0.1, 0.15) is 22.8 Å². The number of hydrogen-bond acceptors (Lipinski definition) is 2. The highest BCUT2D eigenvalue weighted by molar-refractivity contribution is 5.94. The molecule has 0 atom stereocenters. The number of carbonyl (C=O) groups excluding carboxylic acids is 1. The molecule has 0 heterocycles. The summed E-state index contributed by atoms with van der Waals surface area (Å²) >= 11 is 0. The van der Waals surface area contributed by atoms with Crippen molar-refractivity contribution < 1.29 is 23.1 Å². The molecule has 0 aliphatic carbocycles. The highest BCUT2D eigenvalue weighted by Gasteiger charge is 2.31. The van der Waals surface area contributed by atoms with E-state index in [9.17, 15) is 23.1 Å². The van der Waals surface area contributed by atoms with Gasteiger partial charge >= 0.3 is 6.18 Å². The van der Waals surface area contributed by atoms with Gasteiger partial charge in [-0.25, -0.2) is 0 Å². The van der Waals surface area contributed by atoms with Crippen molar-refractivity contribution in [3.05, 3.63) is 29.3 Å². The monoisotopic (exact) mass is 203 g/mol. The van der Waals surface area contributed by atoms with E-state index in [-0.39, 0.29) is 5.56 Å². The number of halogens is 3. The molecule has 1 rings (SSSR count). The van der Waals surface area contributed by atoms with Crippen molar-refractivity contribution in [3.63, 3.8) is 0 Å². The van der Waals surface area contributed by atoms with Gasteiger partial charge in [-0.2, -0.15) is 13.2 Å². The van der Waals surface area contributed by atoms with Gasteiger partial charge in [-0.15, -0.1) is 0 Å². The molecule has 0 N–H and O–H groups in total. The van der Waals surface area contributed by atoms with Crippen molar-refractivity contribution in [1.29, 1.82) is 0 Å². The van der Waals surface area contributed by atoms with Crippen LogP contribution in [-0.4, -0.2) is 5.78 Å². The van der Waals surface area contributed by atoms with Crippen molar-refractivity contribution >= 4 is 5.78 Å².